The maximum atomic E-state index is 3.88. The van der Waals surface area contributed by atoms with E-state index in [0.29, 0.717) is 0 Å². The van der Waals surface area contributed by atoms with Crippen LogP contribution in [0, 0.1) is 5.92 Å². The molecule has 4 atom stereocenters. The van der Waals surface area contributed by atoms with Gasteiger partial charge in [-0.05, 0) is 45.1 Å². The van der Waals surface area contributed by atoms with E-state index in [1.165, 1.54) is 58.0 Å². The van der Waals surface area contributed by atoms with Crippen molar-refractivity contribution in [2.24, 2.45) is 5.92 Å². The van der Waals surface area contributed by atoms with Gasteiger partial charge in [0.1, 0.15) is 0 Å². The number of nitrogens with one attached hydrogen (secondary N) is 1. The Balaban J connectivity index is 1.78. The van der Waals surface area contributed by atoms with Gasteiger partial charge in [0, 0.05) is 24.7 Å². The van der Waals surface area contributed by atoms with Gasteiger partial charge in [0.05, 0.1) is 0 Å². The Morgan fingerprint density at radius 2 is 1.88 bits per heavy atom. The summed E-state index contributed by atoms with van der Waals surface area (Å²) >= 11 is 0. The Morgan fingerprint density at radius 3 is 2.81 bits per heavy atom. The van der Waals surface area contributed by atoms with Gasteiger partial charge in [0.25, 0.3) is 0 Å². The predicted molar refractivity (Wildman–Crippen MR) is 67.6 cm³/mol. The van der Waals surface area contributed by atoms with Crippen molar-refractivity contribution in [1.82, 2.24) is 10.2 Å². The van der Waals surface area contributed by atoms with E-state index < -0.39 is 0 Å². The maximum absolute atomic E-state index is 3.88. The van der Waals surface area contributed by atoms with Gasteiger partial charge in [-0.2, -0.15) is 0 Å². The average Bonchev–Trinajstić information content (AvgIpc) is 2.57. The van der Waals surface area contributed by atoms with Crippen LogP contribution in [0.3, 0.4) is 0 Å². The van der Waals surface area contributed by atoms with Crippen LogP contribution in [0.25, 0.3) is 0 Å². The van der Waals surface area contributed by atoms with E-state index >= 15 is 0 Å². The normalized spacial score (nSPS) is 45.6. The fourth-order valence-electron chi connectivity index (χ4n) is 4.31. The Morgan fingerprint density at radius 1 is 1.00 bits per heavy atom. The van der Waals surface area contributed by atoms with E-state index in [1.54, 1.807) is 0 Å². The van der Waals surface area contributed by atoms with Crippen LogP contribution >= 0.6 is 0 Å². The molecule has 16 heavy (non-hydrogen) atoms. The van der Waals surface area contributed by atoms with Crippen LogP contribution in [0.1, 0.15) is 51.9 Å². The Hall–Kier alpha value is -0.0800. The molecule has 0 aromatic rings. The number of fused-ring (bicyclic) bond motifs is 2. The molecule has 0 spiro atoms. The van der Waals surface area contributed by atoms with Gasteiger partial charge in [-0.25, -0.2) is 0 Å². The first kappa shape index (κ1) is 11.0. The fourth-order valence-corrected chi connectivity index (χ4v) is 4.31. The van der Waals surface area contributed by atoms with Crippen molar-refractivity contribution in [3.05, 3.63) is 0 Å². The molecule has 92 valence electrons. The lowest BCUT2D eigenvalue weighted by molar-refractivity contribution is 0.148. The summed E-state index contributed by atoms with van der Waals surface area (Å²) in [6.45, 7) is 5.11. The summed E-state index contributed by atoms with van der Waals surface area (Å²) in [5, 5.41) is 3.88. The molecule has 0 aromatic carbocycles. The zero-order valence-corrected chi connectivity index (χ0v) is 10.6. The third-order valence-electron chi connectivity index (χ3n) is 5.25. The van der Waals surface area contributed by atoms with Crippen molar-refractivity contribution >= 4 is 0 Å². The second kappa shape index (κ2) is 4.66. The van der Waals surface area contributed by atoms with Crippen LogP contribution in [0.4, 0.5) is 0 Å². The lowest BCUT2D eigenvalue weighted by Gasteiger charge is -2.34. The van der Waals surface area contributed by atoms with Crippen molar-refractivity contribution in [3.63, 3.8) is 0 Å². The number of hydrogen-bond acceptors (Lipinski definition) is 2. The molecule has 3 rings (SSSR count). The summed E-state index contributed by atoms with van der Waals surface area (Å²) in [7, 11) is 0. The van der Waals surface area contributed by atoms with Gasteiger partial charge in [-0.3, -0.25) is 4.90 Å². The van der Waals surface area contributed by atoms with E-state index in [-0.39, 0.29) is 0 Å². The topological polar surface area (TPSA) is 15.3 Å². The smallest absolute Gasteiger partial charge is 0.0224 e. The first-order valence-electron chi connectivity index (χ1n) is 7.35. The average molecular weight is 222 g/mol. The molecule has 1 N–H and O–H groups in total. The second-order valence-corrected chi connectivity index (χ2v) is 6.09. The zero-order valence-electron chi connectivity index (χ0n) is 10.6. The monoisotopic (exact) mass is 222 g/mol. The molecule has 0 amide bonds. The van der Waals surface area contributed by atoms with Gasteiger partial charge >= 0.3 is 0 Å². The molecule has 2 unspecified atom stereocenters. The third kappa shape index (κ3) is 1.91. The molecular formula is C14H26N2. The molecule has 3 fully saturated rings. The largest absolute Gasteiger partial charge is 0.312 e. The standard InChI is InChI=1S/C14H26N2/c1-11-13-7-3-2-4-8-14(13)15-10-12-6-5-9-16(11)12/h11-15H,2-10H2,1H3/t11-,12?,13-,14?/m0/s1. The minimum atomic E-state index is 0.822. The Labute approximate surface area is 99.8 Å². The van der Waals surface area contributed by atoms with Gasteiger partial charge in [0.15, 0.2) is 0 Å². The number of nitrogens with zero attached hydrogens (tertiary/aromatic N) is 1. The summed E-state index contributed by atoms with van der Waals surface area (Å²) in [5.74, 6) is 0.922. The zero-order chi connectivity index (χ0) is 11.0. The Kier molecular flexibility index (Phi) is 3.21. The van der Waals surface area contributed by atoms with Crippen molar-refractivity contribution in [3.8, 4) is 0 Å². The number of hydrogen-bond donors (Lipinski definition) is 1. The van der Waals surface area contributed by atoms with E-state index in [1.807, 2.05) is 0 Å². The molecule has 3 aliphatic rings. The van der Waals surface area contributed by atoms with Gasteiger partial charge in [0.2, 0.25) is 0 Å². The molecular weight excluding hydrogens is 196 g/mol. The summed E-state index contributed by atoms with van der Waals surface area (Å²) in [6.07, 6.45) is 10.1. The summed E-state index contributed by atoms with van der Waals surface area (Å²) in [4.78, 5) is 2.81. The minimum Gasteiger partial charge on any atom is -0.312 e. The lowest BCUT2D eigenvalue weighted by atomic mass is 9.88. The SMILES string of the molecule is C[C@H]1[C@@H]2CCCCCC2NCC2CCCN21. The Bertz CT molecular complexity index is 241. The van der Waals surface area contributed by atoms with E-state index in [0.717, 1.165) is 24.0 Å². The molecule has 2 aliphatic heterocycles. The second-order valence-electron chi connectivity index (χ2n) is 6.09. The highest BCUT2D eigenvalue weighted by molar-refractivity contribution is 4.96. The van der Waals surface area contributed by atoms with Crippen LogP contribution in [0.2, 0.25) is 0 Å². The molecule has 0 aromatic heterocycles. The molecule has 2 heterocycles. The van der Waals surface area contributed by atoms with Gasteiger partial charge in [-0.15, -0.1) is 0 Å². The van der Waals surface area contributed by atoms with Crippen LogP contribution in [-0.2, 0) is 0 Å². The minimum absolute atomic E-state index is 0.822. The van der Waals surface area contributed by atoms with Crippen molar-refractivity contribution in [1.29, 1.82) is 0 Å². The van der Waals surface area contributed by atoms with Gasteiger partial charge < -0.3 is 5.32 Å². The van der Waals surface area contributed by atoms with Crippen molar-refractivity contribution in [2.75, 3.05) is 13.1 Å². The van der Waals surface area contributed by atoms with Crippen LogP contribution in [-0.4, -0.2) is 36.1 Å². The van der Waals surface area contributed by atoms with Crippen molar-refractivity contribution < 1.29 is 0 Å². The van der Waals surface area contributed by atoms with Crippen LogP contribution < -0.4 is 5.32 Å². The predicted octanol–water partition coefficient (Wildman–Crippen LogP) is 2.39. The van der Waals surface area contributed by atoms with Gasteiger partial charge in [-0.1, -0.05) is 19.3 Å². The molecule has 2 saturated heterocycles. The van der Waals surface area contributed by atoms with E-state index in [9.17, 15) is 0 Å². The highest BCUT2D eigenvalue weighted by Gasteiger charge is 2.39. The molecule has 1 aliphatic carbocycles. The maximum Gasteiger partial charge on any atom is 0.0224 e. The van der Waals surface area contributed by atoms with E-state index in [4.69, 9.17) is 0 Å². The quantitative estimate of drug-likeness (QED) is 0.677. The number of rotatable bonds is 0. The van der Waals surface area contributed by atoms with Crippen LogP contribution in [0.5, 0.6) is 0 Å². The summed E-state index contributed by atoms with van der Waals surface area (Å²) < 4.78 is 0. The third-order valence-corrected chi connectivity index (χ3v) is 5.25. The molecule has 1 saturated carbocycles. The fraction of sp³-hybridized carbons (Fsp3) is 1.00. The summed E-state index contributed by atoms with van der Waals surface area (Å²) in [6, 6.07) is 2.50. The molecule has 2 heteroatoms. The molecule has 0 bridgehead atoms. The first-order valence-corrected chi connectivity index (χ1v) is 7.35. The first-order chi connectivity index (χ1) is 7.86. The highest BCUT2D eigenvalue weighted by atomic mass is 15.2. The highest BCUT2D eigenvalue weighted by Crippen LogP contribution is 2.34. The van der Waals surface area contributed by atoms with E-state index in [2.05, 4.69) is 17.1 Å². The van der Waals surface area contributed by atoms with Crippen molar-refractivity contribution in [2.45, 2.75) is 70.0 Å². The lowest BCUT2D eigenvalue weighted by Crippen LogP contribution is -2.42. The van der Waals surface area contributed by atoms with Crippen LogP contribution in [0.15, 0.2) is 0 Å². The molecule has 0 radical (unpaired) electrons. The molecule has 2 nitrogen and oxygen atoms in total. The summed E-state index contributed by atoms with van der Waals surface area (Å²) in [5.41, 5.74) is 0.